The Kier molecular flexibility index (Phi) is 2.26. The fourth-order valence-electron chi connectivity index (χ4n) is 3.50. The molecule has 16 heavy (non-hydrogen) atoms. The monoisotopic (exact) mass is 220 g/mol. The van der Waals surface area contributed by atoms with E-state index in [2.05, 4.69) is 5.32 Å². The Balaban J connectivity index is 2.06. The molecule has 3 rings (SSSR count). The lowest BCUT2D eigenvalue weighted by Gasteiger charge is -2.36. The van der Waals surface area contributed by atoms with Crippen LogP contribution >= 0.6 is 0 Å². The summed E-state index contributed by atoms with van der Waals surface area (Å²) < 4.78 is 13.9. The number of benzene rings is 1. The minimum Gasteiger partial charge on any atom is -0.330 e. The molecule has 2 aliphatic heterocycles. The summed E-state index contributed by atoms with van der Waals surface area (Å²) in [5.74, 6) is -0.109. The number of hydrogen-bond donors (Lipinski definition) is 2. The van der Waals surface area contributed by atoms with Crippen LogP contribution in [0.2, 0.25) is 0 Å². The molecule has 2 fully saturated rings. The van der Waals surface area contributed by atoms with Gasteiger partial charge in [-0.3, -0.25) is 0 Å². The van der Waals surface area contributed by atoms with Crippen molar-refractivity contribution < 1.29 is 4.39 Å². The normalized spacial score (nSPS) is 36.9. The summed E-state index contributed by atoms with van der Waals surface area (Å²) in [6.45, 7) is 0.530. The lowest BCUT2D eigenvalue weighted by atomic mass is 9.69. The molecule has 3 N–H and O–H groups in total. The number of nitrogens with two attached hydrogens (primary N) is 1. The minimum atomic E-state index is -0.172. The van der Waals surface area contributed by atoms with Crippen LogP contribution in [-0.2, 0) is 5.41 Å². The molecule has 1 aromatic carbocycles. The summed E-state index contributed by atoms with van der Waals surface area (Å²) in [4.78, 5) is 0. The van der Waals surface area contributed by atoms with E-state index < -0.39 is 0 Å². The van der Waals surface area contributed by atoms with Gasteiger partial charge < -0.3 is 11.1 Å². The highest BCUT2D eigenvalue weighted by Crippen LogP contribution is 2.45. The Morgan fingerprint density at radius 1 is 1.38 bits per heavy atom. The molecule has 1 aromatic rings. The van der Waals surface area contributed by atoms with Crippen molar-refractivity contribution in [1.82, 2.24) is 5.32 Å². The topological polar surface area (TPSA) is 38.0 Å². The standard InChI is InChI=1S/C13H17FN2/c14-11-4-2-1-3-10(11)13(8-15)7-9-5-6-12(13)16-9/h1-4,9,12,16H,5-8,15H2. The Bertz CT molecular complexity index is 407. The third-order valence-corrected chi connectivity index (χ3v) is 4.29. The van der Waals surface area contributed by atoms with Crippen molar-refractivity contribution in [2.45, 2.75) is 36.8 Å². The molecule has 2 heterocycles. The number of nitrogens with one attached hydrogen (secondary N) is 1. The summed E-state index contributed by atoms with van der Waals surface area (Å²) >= 11 is 0. The van der Waals surface area contributed by atoms with Gasteiger partial charge in [0.25, 0.3) is 0 Å². The van der Waals surface area contributed by atoms with Crippen LogP contribution in [0.25, 0.3) is 0 Å². The molecule has 3 atom stereocenters. The first-order valence-corrected chi connectivity index (χ1v) is 5.97. The molecule has 86 valence electrons. The molecule has 3 heteroatoms. The second-order valence-electron chi connectivity index (χ2n) is 5.04. The van der Waals surface area contributed by atoms with Gasteiger partial charge in [-0.15, -0.1) is 0 Å². The quantitative estimate of drug-likeness (QED) is 0.793. The molecule has 2 aliphatic rings. The predicted molar refractivity (Wildman–Crippen MR) is 61.7 cm³/mol. The molecule has 3 unspecified atom stereocenters. The first-order chi connectivity index (χ1) is 7.76. The van der Waals surface area contributed by atoms with Crippen LogP contribution in [0.1, 0.15) is 24.8 Å². The van der Waals surface area contributed by atoms with Crippen LogP contribution in [0, 0.1) is 5.82 Å². The number of fused-ring (bicyclic) bond motifs is 2. The fraction of sp³-hybridized carbons (Fsp3) is 0.538. The number of hydrogen-bond acceptors (Lipinski definition) is 2. The Morgan fingerprint density at radius 3 is 2.75 bits per heavy atom. The SMILES string of the molecule is NCC1(c2ccccc2F)CC2CCC1N2. The van der Waals surface area contributed by atoms with E-state index in [9.17, 15) is 4.39 Å². The Morgan fingerprint density at radius 2 is 2.19 bits per heavy atom. The summed E-state index contributed by atoms with van der Waals surface area (Å²) in [6.07, 6.45) is 3.31. The predicted octanol–water partition coefficient (Wildman–Crippen LogP) is 1.55. The fourth-order valence-corrected chi connectivity index (χ4v) is 3.50. The molecule has 0 spiro atoms. The van der Waals surface area contributed by atoms with Crippen molar-refractivity contribution in [3.8, 4) is 0 Å². The Labute approximate surface area is 95.0 Å². The molecule has 0 radical (unpaired) electrons. The van der Waals surface area contributed by atoms with Crippen molar-refractivity contribution in [2.75, 3.05) is 6.54 Å². The lowest BCUT2D eigenvalue weighted by molar-refractivity contribution is 0.328. The zero-order valence-electron chi connectivity index (χ0n) is 9.25. The van der Waals surface area contributed by atoms with Crippen LogP contribution in [0.5, 0.6) is 0 Å². The van der Waals surface area contributed by atoms with E-state index in [4.69, 9.17) is 5.73 Å². The van der Waals surface area contributed by atoms with Gasteiger partial charge in [0.2, 0.25) is 0 Å². The van der Waals surface area contributed by atoms with E-state index in [0.29, 0.717) is 18.6 Å². The lowest BCUT2D eigenvalue weighted by Crippen LogP contribution is -2.46. The van der Waals surface area contributed by atoms with Crippen LogP contribution in [-0.4, -0.2) is 18.6 Å². The molecular formula is C13H17FN2. The molecular weight excluding hydrogens is 203 g/mol. The van der Waals surface area contributed by atoms with Crippen LogP contribution in [0.3, 0.4) is 0 Å². The molecule has 2 nitrogen and oxygen atoms in total. The maximum atomic E-state index is 13.9. The van der Waals surface area contributed by atoms with Gasteiger partial charge in [0.05, 0.1) is 0 Å². The third kappa shape index (κ3) is 1.25. The van der Waals surface area contributed by atoms with E-state index in [1.807, 2.05) is 12.1 Å². The van der Waals surface area contributed by atoms with E-state index in [1.165, 1.54) is 6.42 Å². The zero-order chi connectivity index (χ0) is 11.2. The van der Waals surface area contributed by atoms with E-state index >= 15 is 0 Å². The molecule has 2 bridgehead atoms. The van der Waals surface area contributed by atoms with Crippen LogP contribution < -0.4 is 11.1 Å². The highest BCUT2D eigenvalue weighted by Gasteiger charge is 2.51. The first-order valence-electron chi connectivity index (χ1n) is 5.97. The van der Waals surface area contributed by atoms with Gasteiger partial charge in [-0.05, 0) is 30.9 Å². The van der Waals surface area contributed by atoms with Gasteiger partial charge >= 0.3 is 0 Å². The van der Waals surface area contributed by atoms with Gasteiger partial charge in [-0.25, -0.2) is 4.39 Å². The maximum absolute atomic E-state index is 13.9. The van der Waals surface area contributed by atoms with E-state index in [1.54, 1.807) is 12.1 Å². The maximum Gasteiger partial charge on any atom is 0.127 e. The average molecular weight is 220 g/mol. The van der Waals surface area contributed by atoms with Gasteiger partial charge in [-0.2, -0.15) is 0 Å². The van der Waals surface area contributed by atoms with Gasteiger partial charge in [0.1, 0.15) is 5.82 Å². The molecule has 0 aliphatic carbocycles. The highest BCUT2D eigenvalue weighted by atomic mass is 19.1. The van der Waals surface area contributed by atoms with Crippen molar-refractivity contribution in [3.05, 3.63) is 35.6 Å². The van der Waals surface area contributed by atoms with Crippen LogP contribution in [0.15, 0.2) is 24.3 Å². The van der Waals surface area contributed by atoms with Crippen molar-refractivity contribution in [3.63, 3.8) is 0 Å². The second kappa shape index (κ2) is 3.54. The first kappa shape index (κ1) is 10.2. The molecule has 2 saturated heterocycles. The summed E-state index contributed by atoms with van der Waals surface area (Å²) in [5, 5.41) is 3.55. The van der Waals surface area contributed by atoms with Gasteiger partial charge in [-0.1, -0.05) is 18.2 Å². The average Bonchev–Trinajstić information content (AvgIpc) is 2.90. The summed E-state index contributed by atoms with van der Waals surface area (Å²) in [7, 11) is 0. The highest BCUT2D eigenvalue weighted by molar-refractivity contribution is 5.34. The van der Waals surface area contributed by atoms with Crippen molar-refractivity contribution in [2.24, 2.45) is 5.73 Å². The van der Waals surface area contributed by atoms with Gasteiger partial charge in [0, 0.05) is 24.0 Å². The minimum absolute atomic E-state index is 0.109. The third-order valence-electron chi connectivity index (χ3n) is 4.29. The van der Waals surface area contributed by atoms with E-state index in [-0.39, 0.29) is 11.2 Å². The summed E-state index contributed by atoms with van der Waals surface area (Å²) in [5.41, 5.74) is 6.58. The van der Waals surface area contributed by atoms with Crippen molar-refractivity contribution in [1.29, 1.82) is 0 Å². The molecule has 0 amide bonds. The second-order valence-corrected chi connectivity index (χ2v) is 5.04. The van der Waals surface area contributed by atoms with Gasteiger partial charge in [0.15, 0.2) is 0 Å². The largest absolute Gasteiger partial charge is 0.330 e. The number of rotatable bonds is 2. The smallest absolute Gasteiger partial charge is 0.127 e. The molecule has 0 aromatic heterocycles. The van der Waals surface area contributed by atoms with Crippen molar-refractivity contribution >= 4 is 0 Å². The number of halogens is 1. The zero-order valence-corrected chi connectivity index (χ0v) is 9.25. The Hall–Kier alpha value is -0.930. The summed E-state index contributed by atoms with van der Waals surface area (Å²) in [6, 6.07) is 7.97. The molecule has 0 saturated carbocycles. The van der Waals surface area contributed by atoms with E-state index in [0.717, 1.165) is 18.4 Å². The van der Waals surface area contributed by atoms with Crippen LogP contribution in [0.4, 0.5) is 4.39 Å².